The Balaban J connectivity index is 1.58. The average Bonchev–Trinajstić information content (AvgIpc) is 3.34. The normalized spacial score (nSPS) is 17.8. The van der Waals surface area contributed by atoms with E-state index in [1.165, 1.54) is 28.5 Å². The summed E-state index contributed by atoms with van der Waals surface area (Å²) in [6.45, 7) is 3.23. The van der Waals surface area contributed by atoms with Crippen LogP contribution in [0.2, 0.25) is 0 Å². The minimum absolute atomic E-state index is 0.180. The first-order valence-corrected chi connectivity index (χ1v) is 11.0. The van der Waals surface area contributed by atoms with Crippen LogP contribution in [0, 0.1) is 11.6 Å². The van der Waals surface area contributed by atoms with E-state index in [0.29, 0.717) is 16.4 Å². The van der Waals surface area contributed by atoms with Gasteiger partial charge in [0.05, 0.1) is 15.9 Å². The number of pyridine rings is 1. The second-order valence-electron chi connectivity index (χ2n) is 7.16. The molecule has 0 saturated carbocycles. The van der Waals surface area contributed by atoms with Crippen molar-refractivity contribution in [3.63, 3.8) is 0 Å². The van der Waals surface area contributed by atoms with Crippen LogP contribution < -0.4 is 5.32 Å². The van der Waals surface area contributed by atoms with E-state index in [9.17, 15) is 8.78 Å². The lowest BCUT2D eigenvalue weighted by atomic mass is 10.00. The molecule has 1 aromatic carbocycles. The number of hydrogen-bond donors (Lipinski definition) is 1. The van der Waals surface area contributed by atoms with Gasteiger partial charge in [-0.2, -0.15) is 0 Å². The number of rotatable bonds is 3. The molecular weight excluding hydrogens is 410 g/mol. The largest absolute Gasteiger partial charge is 0.350 e. The van der Waals surface area contributed by atoms with Crippen molar-refractivity contribution in [2.45, 2.75) is 19.4 Å². The lowest BCUT2D eigenvalue weighted by molar-refractivity contribution is 0.300. The van der Waals surface area contributed by atoms with Crippen molar-refractivity contribution in [1.82, 2.24) is 14.9 Å². The highest BCUT2D eigenvalue weighted by molar-refractivity contribution is 7.19. The molecule has 8 heteroatoms. The highest BCUT2D eigenvalue weighted by atomic mass is 32.1. The topological polar surface area (TPSA) is 41.1 Å². The number of nitrogens with zero attached hydrogens (tertiary/aromatic N) is 3. The molecule has 0 fully saturated rings. The summed E-state index contributed by atoms with van der Waals surface area (Å²) in [5, 5.41) is 3.81. The number of benzene rings is 1. The summed E-state index contributed by atoms with van der Waals surface area (Å²) >= 11 is 2.82. The van der Waals surface area contributed by atoms with E-state index in [0.717, 1.165) is 28.1 Å². The average molecular weight is 429 g/mol. The van der Waals surface area contributed by atoms with E-state index in [4.69, 9.17) is 0 Å². The number of thiazole rings is 1. The fourth-order valence-electron chi connectivity index (χ4n) is 3.70. The Labute approximate surface area is 174 Å². The number of likely N-dealkylation sites (N-methyl/N-ethyl adjacent to an activating group) is 1. The third-order valence-corrected chi connectivity index (χ3v) is 7.32. The Kier molecular flexibility index (Phi) is 4.57. The molecule has 1 atom stereocenters. The van der Waals surface area contributed by atoms with Gasteiger partial charge in [-0.15, -0.1) is 22.7 Å². The first kappa shape index (κ1) is 18.6. The molecule has 0 bridgehead atoms. The number of aromatic nitrogens is 2. The number of nitrogens with one attached hydrogen (secondary N) is 1. The maximum Gasteiger partial charge on any atom is 0.176 e. The standard InChI is InChI=1S/C21H18F2N4S2/c1-11-12(4-3-7-27(11)2)16-8-13-15(5-6-24-21(13)29-16)26-19-14(22)9-17-20(18(19)23)25-10-28-17/h4-6,8-11H,3,7H2,1-2H3,(H,24,26)/t11-/m1/s1. The third-order valence-electron chi connectivity index (χ3n) is 5.46. The minimum atomic E-state index is -0.674. The molecule has 1 aliphatic heterocycles. The lowest BCUT2D eigenvalue weighted by Gasteiger charge is -2.30. The highest BCUT2D eigenvalue weighted by Gasteiger charge is 2.22. The van der Waals surface area contributed by atoms with E-state index in [1.807, 2.05) is 0 Å². The van der Waals surface area contributed by atoms with Crippen LogP contribution in [0.15, 0.2) is 36.0 Å². The van der Waals surface area contributed by atoms with Crippen molar-refractivity contribution in [1.29, 1.82) is 0 Å². The van der Waals surface area contributed by atoms with Gasteiger partial charge in [-0.1, -0.05) is 6.08 Å². The van der Waals surface area contributed by atoms with Gasteiger partial charge in [0, 0.05) is 29.0 Å². The second-order valence-corrected chi connectivity index (χ2v) is 9.08. The first-order chi connectivity index (χ1) is 14.0. The van der Waals surface area contributed by atoms with E-state index in [2.05, 4.69) is 46.3 Å². The van der Waals surface area contributed by atoms with Crippen LogP contribution >= 0.6 is 22.7 Å². The lowest BCUT2D eigenvalue weighted by Crippen LogP contribution is -2.33. The number of thiophene rings is 1. The zero-order valence-electron chi connectivity index (χ0n) is 15.9. The monoisotopic (exact) mass is 428 g/mol. The number of hydrogen-bond acceptors (Lipinski definition) is 6. The van der Waals surface area contributed by atoms with Crippen LogP contribution in [0.25, 0.3) is 26.0 Å². The van der Waals surface area contributed by atoms with Gasteiger partial charge < -0.3 is 5.32 Å². The van der Waals surface area contributed by atoms with Gasteiger partial charge in [0.15, 0.2) is 11.6 Å². The van der Waals surface area contributed by atoms with Crippen molar-refractivity contribution in [2.24, 2.45) is 0 Å². The maximum absolute atomic E-state index is 14.9. The maximum atomic E-state index is 14.9. The van der Waals surface area contributed by atoms with E-state index in [-0.39, 0.29) is 11.2 Å². The molecule has 5 rings (SSSR count). The van der Waals surface area contributed by atoms with Gasteiger partial charge in [-0.3, -0.25) is 4.90 Å². The number of halogens is 2. The number of fused-ring (bicyclic) bond motifs is 2. The summed E-state index contributed by atoms with van der Waals surface area (Å²) < 4.78 is 29.9. The molecule has 0 aliphatic carbocycles. The van der Waals surface area contributed by atoms with Crippen molar-refractivity contribution >= 4 is 60.1 Å². The SMILES string of the molecule is C[C@@H]1C(c2cc3c(Nc4c(F)cc5scnc5c4F)ccnc3s2)=CCCN1C. The predicted molar refractivity (Wildman–Crippen MR) is 117 cm³/mol. The third kappa shape index (κ3) is 3.11. The zero-order valence-corrected chi connectivity index (χ0v) is 17.5. The molecule has 1 N–H and O–H groups in total. The molecule has 3 aromatic heterocycles. The molecule has 0 saturated heterocycles. The summed E-state index contributed by atoms with van der Waals surface area (Å²) in [6, 6.07) is 5.44. The molecule has 0 unspecified atom stereocenters. The quantitative estimate of drug-likeness (QED) is 0.432. The molecule has 0 amide bonds. The Morgan fingerprint density at radius 1 is 1.24 bits per heavy atom. The zero-order chi connectivity index (χ0) is 20.1. The van der Waals surface area contributed by atoms with Crippen LogP contribution in [0.1, 0.15) is 18.2 Å². The summed E-state index contributed by atoms with van der Waals surface area (Å²) in [5.74, 6) is -1.31. The van der Waals surface area contributed by atoms with Crippen LogP contribution in [0.3, 0.4) is 0 Å². The van der Waals surface area contributed by atoms with Crippen LogP contribution in [-0.4, -0.2) is 34.5 Å². The molecule has 1 aliphatic rings. The van der Waals surface area contributed by atoms with Crippen LogP contribution in [0.5, 0.6) is 0 Å². The Hall–Kier alpha value is -2.42. The summed E-state index contributed by atoms with van der Waals surface area (Å²) in [4.78, 5) is 12.8. The number of anilines is 2. The Morgan fingerprint density at radius 3 is 2.97 bits per heavy atom. The van der Waals surface area contributed by atoms with Crippen molar-refractivity contribution in [2.75, 3.05) is 18.9 Å². The van der Waals surface area contributed by atoms with Crippen LogP contribution in [0.4, 0.5) is 20.2 Å². The van der Waals surface area contributed by atoms with Crippen LogP contribution in [-0.2, 0) is 0 Å². The van der Waals surface area contributed by atoms with Gasteiger partial charge in [0.2, 0.25) is 0 Å². The van der Waals surface area contributed by atoms with Gasteiger partial charge >= 0.3 is 0 Å². The molecule has 4 nitrogen and oxygen atoms in total. The Bertz CT molecular complexity index is 1260. The highest BCUT2D eigenvalue weighted by Crippen LogP contribution is 2.39. The second kappa shape index (κ2) is 7.12. The summed E-state index contributed by atoms with van der Waals surface area (Å²) in [6.07, 6.45) is 4.94. The smallest absolute Gasteiger partial charge is 0.176 e. The molecule has 0 radical (unpaired) electrons. The fourth-order valence-corrected chi connectivity index (χ4v) is 5.55. The predicted octanol–water partition coefficient (Wildman–Crippen LogP) is 6.04. The van der Waals surface area contributed by atoms with Gasteiger partial charge in [-0.05, 0) is 44.2 Å². The van der Waals surface area contributed by atoms with E-state index < -0.39 is 11.6 Å². The molecular formula is C21H18F2N4S2. The summed E-state index contributed by atoms with van der Waals surface area (Å²) in [7, 11) is 2.12. The molecule has 4 heterocycles. The van der Waals surface area contributed by atoms with Crippen molar-refractivity contribution in [3.05, 3.63) is 52.5 Å². The molecule has 4 aromatic rings. The Morgan fingerprint density at radius 2 is 2.10 bits per heavy atom. The minimum Gasteiger partial charge on any atom is -0.350 e. The van der Waals surface area contributed by atoms with Crippen molar-refractivity contribution < 1.29 is 8.78 Å². The first-order valence-electron chi connectivity index (χ1n) is 9.30. The summed E-state index contributed by atoms with van der Waals surface area (Å²) in [5.41, 5.74) is 3.41. The molecule has 0 spiro atoms. The van der Waals surface area contributed by atoms with Gasteiger partial charge in [0.25, 0.3) is 0 Å². The van der Waals surface area contributed by atoms with Crippen molar-refractivity contribution in [3.8, 4) is 0 Å². The van der Waals surface area contributed by atoms with E-state index >= 15 is 0 Å². The van der Waals surface area contributed by atoms with Gasteiger partial charge in [-0.25, -0.2) is 18.7 Å². The molecule has 29 heavy (non-hydrogen) atoms. The van der Waals surface area contributed by atoms with E-state index in [1.54, 1.807) is 23.6 Å². The fraction of sp³-hybridized carbons (Fsp3) is 0.238. The van der Waals surface area contributed by atoms with Gasteiger partial charge in [0.1, 0.15) is 16.0 Å². The molecule has 148 valence electrons.